The Bertz CT molecular complexity index is 549. The van der Waals surface area contributed by atoms with Crippen LogP contribution in [-0.4, -0.2) is 37.8 Å². The Labute approximate surface area is 132 Å². The first-order valence-corrected chi connectivity index (χ1v) is 7.82. The average molecular weight is 382 g/mol. The summed E-state index contributed by atoms with van der Waals surface area (Å²) in [5.41, 5.74) is -0.261. The number of aliphatic hydroxyl groups is 1. The minimum atomic E-state index is -5.17. The van der Waals surface area contributed by atoms with Crippen molar-refractivity contribution in [3.63, 3.8) is 0 Å². The lowest BCUT2D eigenvalue weighted by molar-refractivity contribution is -0.167. The Morgan fingerprint density at radius 3 is 1.75 bits per heavy atom. The highest BCUT2D eigenvalue weighted by atomic mass is 31.2. The number of rotatable bonds is 7. The van der Waals surface area contributed by atoms with Gasteiger partial charge < -0.3 is 9.84 Å². The molecule has 5 nitrogen and oxygen atoms in total. The van der Waals surface area contributed by atoms with E-state index in [0.29, 0.717) is 5.75 Å². The highest BCUT2D eigenvalue weighted by Gasteiger charge is 2.43. The third-order valence-corrected chi connectivity index (χ3v) is 4.40. The summed E-state index contributed by atoms with van der Waals surface area (Å²) >= 11 is 0. The molecule has 0 unspecified atom stereocenters. The molecular weight excluding hydrogens is 369 g/mol. The molecule has 0 aromatic heterocycles. The van der Waals surface area contributed by atoms with Crippen molar-refractivity contribution in [3.8, 4) is 5.75 Å². The molecule has 1 aromatic rings. The van der Waals surface area contributed by atoms with Crippen LogP contribution < -0.4 is 4.74 Å². The lowest BCUT2D eigenvalue weighted by Crippen LogP contribution is -2.21. The first-order chi connectivity index (χ1) is 10.9. The molecule has 1 rings (SSSR count). The maximum absolute atomic E-state index is 12.2. The normalized spacial score (nSPS) is 14.5. The zero-order valence-corrected chi connectivity index (χ0v) is 13.0. The van der Waals surface area contributed by atoms with Crippen LogP contribution in [0.1, 0.15) is 11.4 Å². The molecule has 0 aliphatic heterocycles. The zero-order chi connectivity index (χ0) is 18.6. The Morgan fingerprint density at radius 1 is 1.00 bits per heavy atom. The smallest absolute Gasteiger partial charge is 0.412 e. The summed E-state index contributed by atoms with van der Waals surface area (Å²) in [4.78, 5) is 0. The fraction of sp³-hybridized carbons (Fsp3) is 0.500. The Kier molecular flexibility index (Phi) is 6.68. The van der Waals surface area contributed by atoms with E-state index in [-0.39, 0.29) is 5.56 Å². The molecule has 0 bridgehead atoms. The summed E-state index contributed by atoms with van der Waals surface area (Å²) in [5.74, 6) is -2.04. The maximum Gasteiger partial charge on any atom is 0.412 e. The predicted molar refractivity (Wildman–Crippen MR) is 69.6 cm³/mol. The number of alkyl halides is 6. The quantitative estimate of drug-likeness (QED) is 0.570. The van der Waals surface area contributed by atoms with Crippen molar-refractivity contribution in [3.05, 3.63) is 29.8 Å². The minimum absolute atomic E-state index is 0.261. The van der Waals surface area contributed by atoms with E-state index in [9.17, 15) is 36.0 Å². The fourth-order valence-electron chi connectivity index (χ4n) is 1.46. The summed E-state index contributed by atoms with van der Waals surface area (Å²) in [5, 5.41) is 9.91. The molecule has 24 heavy (non-hydrogen) atoms. The van der Waals surface area contributed by atoms with Crippen LogP contribution in [0.5, 0.6) is 5.75 Å². The zero-order valence-electron chi connectivity index (χ0n) is 12.1. The number of hydrogen-bond donors (Lipinski definition) is 1. The van der Waals surface area contributed by atoms with Gasteiger partial charge in [0.15, 0.2) is 19.1 Å². The molecular formula is C12H13F6O5P. The second-order valence-corrected chi connectivity index (χ2v) is 6.55. The summed E-state index contributed by atoms with van der Waals surface area (Å²) in [6, 6.07) is 4.72. The highest BCUT2D eigenvalue weighted by molar-refractivity contribution is 7.54. The third kappa shape index (κ3) is 6.68. The van der Waals surface area contributed by atoms with Crippen molar-refractivity contribution in [2.24, 2.45) is 0 Å². The average Bonchev–Trinajstić information content (AvgIpc) is 2.49. The summed E-state index contributed by atoms with van der Waals surface area (Å²) < 4.78 is 98.2. The van der Waals surface area contributed by atoms with Crippen molar-refractivity contribution >= 4 is 7.60 Å². The molecule has 0 saturated heterocycles. The molecule has 0 radical (unpaired) electrons. The van der Waals surface area contributed by atoms with Crippen molar-refractivity contribution in [1.29, 1.82) is 0 Å². The first-order valence-electron chi connectivity index (χ1n) is 6.20. The summed E-state index contributed by atoms with van der Waals surface area (Å²) in [6.45, 7) is -4.29. The van der Waals surface area contributed by atoms with Crippen LogP contribution in [0, 0.1) is 0 Å². The van der Waals surface area contributed by atoms with E-state index in [0.717, 1.165) is 12.1 Å². The van der Waals surface area contributed by atoms with Gasteiger partial charge in [-0.2, -0.15) is 26.3 Å². The SMILES string of the molecule is COc1ccc([C@@H](O)P(=O)(OCC(F)(F)F)OCC(F)(F)F)cc1. The van der Waals surface area contributed by atoms with E-state index in [1.807, 2.05) is 0 Å². The Balaban J connectivity index is 3.02. The minimum Gasteiger partial charge on any atom is -0.497 e. The van der Waals surface area contributed by atoms with Gasteiger partial charge in [-0.05, 0) is 17.7 Å². The van der Waals surface area contributed by atoms with Gasteiger partial charge >= 0.3 is 19.9 Å². The van der Waals surface area contributed by atoms with E-state index in [1.165, 1.54) is 19.2 Å². The molecule has 0 aliphatic carbocycles. The molecule has 0 saturated carbocycles. The lowest BCUT2D eigenvalue weighted by Gasteiger charge is -2.24. The standard InChI is InChI=1S/C12H13F6O5P/c1-21-9-4-2-8(3-5-9)10(19)24(20,22-6-11(13,14)15)23-7-12(16,17)18/h2-5,10,19H,6-7H2,1H3/t10-/m0/s1. The first kappa shape index (κ1) is 20.8. The third-order valence-electron chi connectivity index (χ3n) is 2.53. The van der Waals surface area contributed by atoms with Crippen molar-refractivity contribution in [1.82, 2.24) is 0 Å². The molecule has 0 fully saturated rings. The fourth-order valence-corrected chi connectivity index (χ4v) is 3.01. The molecule has 138 valence electrons. The van der Waals surface area contributed by atoms with E-state index in [4.69, 9.17) is 4.74 Å². The highest BCUT2D eigenvalue weighted by Crippen LogP contribution is 2.60. The largest absolute Gasteiger partial charge is 0.497 e. The van der Waals surface area contributed by atoms with Gasteiger partial charge in [-0.15, -0.1) is 0 Å². The van der Waals surface area contributed by atoms with Crippen molar-refractivity contribution < 1.29 is 49.8 Å². The van der Waals surface area contributed by atoms with Crippen LogP contribution in [0.3, 0.4) is 0 Å². The van der Waals surface area contributed by atoms with E-state index in [1.54, 1.807) is 0 Å². The van der Waals surface area contributed by atoms with Crippen LogP contribution in [0.25, 0.3) is 0 Å². The van der Waals surface area contributed by atoms with Gasteiger partial charge in [0, 0.05) is 0 Å². The Hall–Kier alpha value is -1.29. The van der Waals surface area contributed by atoms with Crippen LogP contribution in [0.15, 0.2) is 24.3 Å². The molecule has 0 spiro atoms. The van der Waals surface area contributed by atoms with Gasteiger partial charge in [0.05, 0.1) is 7.11 Å². The number of hydrogen-bond acceptors (Lipinski definition) is 5. The molecule has 0 heterocycles. The van der Waals surface area contributed by atoms with Crippen molar-refractivity contribution in [2.45, 2.75) is 18.2 Å². The molecule has 0 amide bonds. The topological polar surface area (TPSA) is 65.0 Å². The summed E-state index contributed by atoms with van der Waals surface area (Å²) in [6.07, 6.45) is -9.95. The summed E-state index contributed by atoms with van der Waals surface area (Å²) in [7, 11) is -3.86. The van der Waals surface area contributed by atoms with Crippen LogP contribution in [0.4, 0.5) is 26.3 Å². The van der Waals surface area contributed by atoms with E-state index in [2.05, 4.69) is 9.05 Å². The molecule has 1 N–H and O–H groups in total. The van der Waals surface area contributed by atoms with Gasteiger partial charge in [0.1, 0.15) is 5.75 Å². The second-order valence-electron chi connectivity index (χ2n) is 4.46. The molecule has 12 heteroatoms. The molecule has 1 aromatic carbocycles. The van der Waals surface area contributed by atoms with Gasteiger partial charge in [0.25, 0.3) is 0 Å². The van der Waals surface area contributed by atoms with E-state index < -0.39 is 39.0 Å². The van der Waals surface area contributed by atoms with Gasteiger partial charge in [0.2, 0.25) is 0 Å². The molecule has 0 aliphatic rings. The number of aliphatic hydroxyl groups excluding tert-OH is 1. The number of methoxy groups -OCH3 is 1. The monoisotopic (exact) mass is 382 g/mol. The number of halogens is 6. The van der Waals surface area contributed by atoms with Gasteiger partial charge in [-0.25, -0.2) is 0 Å². The van der Waals surface area contributed by atoms with Crippen LogP contribution in [0.2, 0.25) is 0 Å². The van der Waals surface area contributed by atoms with Crippen molar-refractivity contribution in [2.75, 3.05) is 20.3 Å². The maximum atomic E-state index is 12.2. The van der Waals surface area contributed by atoms with Crippen LogP contribution >= 0.6 is 7.60 Å². The predicted octanol–water partition coefficient (Wildman–Crippen LogP) is 4.04. The number of benzene rings is 1. The van der Waals surface area contributed by atoms with E-state index >= 15 is 0 Å². The second kappa shape index (κ2) is 7.73. The van der Waals surface area contributed by atoms with Crippen LogP contribution in [-0.2, 0) is 13.6 Å². The number of ether oxygens (including phenoxy) is 1. The molecule has 1 atom stereocenters. The Morgan fingerprint density at radius 2 is 1.42 bits per heavy atom. The van der Waals surface area contributed by atoms with Gasteiger partial charge in [-0.1, -0.05) is 12.1 Å². The van der Waals surface area contributed by atoms with Gasteiger partial charge in [-0.3, -0.25) is 13.6 Å². The lowest BCUT2D eigenvalue weighted by atomic mass is 10.2.